The van der Waals surface area contributed by atoms with Gasteiger partial charge in [0.05, 0.1) is 5.69 Å². The van der Waals surface area contributed by atoms with Crippen LogP contribution < -0.4 is 10.1 Å². The molecule has 0 bridgehead atoms. The zero-order valence-electron chi connectivity index (χ0n) is 15.6. The van der Waals surface area contributed by atoms with Crippen LogP contribution in [-0.2, 0) is 13.1 Å². The molecule has 28 heavy (non-hydrogen) atoms. The molecular weight excluding hydrogens is 350 g/mol. The second-order valence-corrected chi connectivity index (χ2v) is 6.55. The Labute approximate surface area is 163 Å². The first-order chi connectivity index (χ1) is 13.8. The molecule has 3 aromatic carbocycles. The second kappa shape index (κ2) is 8.45. The minimum Gasteiger partial charge on any atom is -0.423 e. The predicted molar refractivity (Wildman–Crippen MR) is 107 cm³/mol. The number of ether oxygens (including phenoxy) is 1. The molecule has 4 rings (SSSR count). The van der Waals surface area contributed by atoms with Crippen molar-refractivity contribution in [1.82, 2.24) is 25.5 Å². The number of tetrazole rings is 1. The lowest BCUT2D eigenvalue weighted by Gasteiger charge is -2.09. The van der Waals surface area contributed by atoms with Gasteiger partial charge < -0.3 is 10.1 Å². The topological polar surface area (TPSA) is 64.9 Å². The van der Waals surface area contributed by atoms with Crippen LogP contribution in [0.1, 0.15) is 16.7 Å². The van der Waals surface area contributed by atoms with E-state index in [1.807, 2.05) is 48.5 Å². The van der Waals surface area contributed by atoms with Crippen molar-refractivity contribution in [2.24, 2.45) is 0 Å². The van der Waals surface area contributed by atoms with Crippen LogP contribution in [0.25, 0.3) is 5.69 Å². The second-order valence-electron chi connectivity index (χ2n) is 6.55. The molecule has 0 aliphatic rings. The molecule has 1 N–H and O–H groups in total. The van der Waals surface area contributed by atoms with Gasteiger partial charge in [0.1, 0.15) is 5.75 Å². The van der Waals surface area contributed by atoms with Crippen LogP contribution in [0.4, 0.5) is 0 Å². The summed E-state index contributed by atoms with van der Waals surface area (Å²) >= 11 is 0. The van der Waals surface area contributed by atoms with Gasteiger partial charge in [-0.3, -0.25) is 0 Å². The molecule has 0 atom stereocenters. The normalized spacial score (nSPS) is 10.8. The summed E-state index contributed by atoms with van der Waals surface area (Å²) in [5.74, 6) is 0.696. The van der Waals surface area contributed by atoms with Gasteiger partial charge in [-0.2, -0.15) is 4.68 Å². The van der Waals surface area contributed by atoms with Crippen molar-refractivity contribution in [2.45, 2.75) is 20.0 Å². The van der Waals surface area contributed by atoms with E-state index in [1.165, 1.54) is 11.1 Å². The Hall–Kier alpha value is -3.51. The molecule has 6 heteroatoms. The summed E-state index contributed by atoms with van der Waals surface area (Å²) < 4.78 is 7.49. The maximum atomic E-state index is 5.92. The molecule has 0 saturated carbocycles. The summed E-state index contributed by atoms with van der Waals surface area (Å²) in [5, 5.41) is 15.2. The SMILES string of the molecule is Cc1ccc(CNCc2cccc(Oc3nnnn3-c3ccccc3)c2)cc1. The van der Waals surface area contributed by atoms with Gasteiger partial charge in [0, 0.05) is 13.1 Å². The lowest BCUT2D eigenvalue weighted by Crippen LogP contribution is -2.12. The van der Waals surface area contributed by atoms with Gasteiger partial charge in [0.25, 0.3) is 0 Å². The molecule has 6 nitrogen and oxygen atoms in total. The molecule has 1 heterocycles. The Kier molecular flexibility index (Phi) is 5.40. The van der Waals surface area contributed by atoms with Crippen molar-refractivity contribution >= 4 is 0 Å². The van der Waals surface area contributed by atoms with Gasteiger partial charge in [0.15, 0.2) is 0 Å². The number of aryl methyl sites for hydroxylation is 1. The molecule has 0 amide bonds. The summed E-state index contributed by atoms with van der Waals surface area (Å²) in [6.07, 6.45) is 0. The number of benzene rings is 3. The minimum atomic E-state index is 0.330. The van der Waals surface area contributed by atoms with Gasteiger partial charge in [-0.15, -0.1) is 0 Å². The van der Waals surface area contributed by atoms with Crippen molar-refractivity contribution in [3.05, 3.63) is 95.6 Å². The van der Waals surface area contributed by atoms with Crippen LogP contribution in [0.2, 0.25) is 0 Å². The van der Waals surface area contributed by atoms with Crippen molar-refractivity contribution in [2.75, 3.05) is 0 Å². The molecule has 4 aromatic rings. The highest BCUT2D eigenvalue weighted by atomic mass is 16.5. The fraction of sp³-hybridized carbons (Fsp3) is 0.136. The average Bonchev–Trinajstić information content (AvgIpc) is 3.19. The van der Waals surface area contributed by atoms with Crippen LogP contribution in [0.3, 0.4) is 0 Å². The van der Waals surface area contributed by atoms with Gasteiger partial charge in [-0.25, -0.2) is 0 Å². The Morgan fingerprint density at radius 1 is 0.857 bits per heavy atom. The molecular formula is C22H21N5O. The number of nitrogens with one attached hydrogen (secondary N) is 1. The summed E-state index contributed by atoms with van der Waals surface area (Å²) in [7, 11) is 0. The summed E-state index contributed by atoms with van der Waals surface area (Å²) in [6.45, 7) is 3.66. The van der Waals surface area contributed by atoms with Crippen molar-refractivity contribution in [3.8, 4) is 17.4 Å². The Balaban J connectivity index is 1.41. The highest BCUT2D eigenvalue weighted by molar-refractivity contribution is 5.34. The van der Waals surface area contributed by atoms with E-state index in [4.69, 9.17) is 4.74 Å². The van der Waals surface area contributed by atoms with E-state index in [0.29, 0.717) is 11.8 Å². The molecule has 0 fully saturated rings. The zero-order valence-corrected chi connectivity index (χ0v) is 15.6. The molecule has 0 spiro atoms. The van der Waals surface area contributed by atoms with E-state index in [-0.39, 0.29) is 0 Å². The average molecular weight is 371 g/mol. The minimum absolute atomic E-state index is 0.330. The maximum absolute atomic E-state index is 5.92. The first-order valence-electron chi connectivity index (χ1n) is 9.15. The lowest BCUT2D eigenvalue weighted by atomic mass is 10.1. The van der Waals surface area contributed by atoms with Crippen LogP contribution in [0.15, 0.2) is 78.9 Å². The third-order valence-corrected chi connectivity index (χ3v) is 4.33. The van der Waals surface area contributed by atoms with Crippen molar-refractivity contribution in [3.63, 3.8) is 0 Å². The third kappa shape index (κ3) is 4.42. The van der Waals surface area contributed by atoms with Crippen molar-refractivity contribution in [1.29, 1.82) is 0 Å². The van der Waals surface area contributed by atoms with E-state index in [1.54, 1.807) is 4.68 Å². The largest absolute Gasteiger partial charge is 0.423 e. The zero-order chi connectivity index (χ0) is 19.2. The number of nitrogens with zero attached hydrogens (tertiary/aromatic N) is 4. The van der Waals surface area contributed by atoms with Gasteiger partial charge in [0.2, 0.25) is 0 Å². The Morgan fingerprint density at radius 3 is 2.46 bits per heavy atom. The number of aromatic nitrogens is 4. The smallest absolute Gasteiger partial charge is 0.345 e. The van der Waals surface area contributed by atoms with E-state index in [9.17, 15) is 0 Å². The standard InChI is InChI=1S/C22H21N5O/c1-17-10-12-18(13-11-17)15-23-16-19-6-5-9-21(14-19)28-22-24-25-26-27(22)20-7-3-2-4-8-20/h2-14,23H,15-16H2,1H3. The highest BCUT2D eigenvalue weighted by Gasteiger charge is 2.10. The summed E-state index contributed by atoms with van der Waals surface area (Å²) in [4.78, 5) is 0. The molecule has 1 aromatic heterocycles. The Morgan fingerprint density at radius 2 is 1.64 bits per heavy atom. The Bertz CT molecular complexity index is 1030. The predicted octanol–water partition coefficient (Wildman–Crippen LogP) is 4.05. The first-order valence-corrected chi connectivity index (χ1v) is 9.15. The molecule has 0 saturated heterocycles. The molecule has 0 radical (unpaired) electrons. The summed E-state index contributed by atoms with van der Waals surface area (Å²) in [6, 6.07) is 26.5. The molecule has 140 valence electrons. The first kappa shape index (κ1) is 17.9. The number of hydrogen-bond donors (Lipinski definition) is 1. The number of para-hydroxylation sites is 1. The van der Waals surface area contributed by atoms with E-state index >= 15 is 0 Å². The van der Waals surface area contributed by atoms with Crippen LogP contribution in [0, 0.1) is 6.92 Å². The molecule has 0 aliphatic heterocycles. The maximum Gasteiger partial charge on any atom is 0.345 e. The van der Waals surface area contributed by atoms with E-state index in [2.05, 4.69) is 58.1 Å². The van der Waals surface area contributed by atoms with E-state index in [0.717, 1.165) is 24.3 Å². The van der Waals surface area contributed by atoms with Crippen LogP contribution in [0.5, 0.6) is 11.8 Å². The van der Waals surface area contributed by atoms with Crippen molar-refractivity contribution < 1.29 is 4.74 Å². The fourth-order valence-corrected chi connectivity index (χ4v) is 2.86. The number of hydrogen-bond acceptors (Lipinski definition) is 5. The monoisotopic (exact) mass is 371 g/mol. The van der Waals surface area contributed by atoms with Crippen LogP contribution >= 0.6 is 0 Å². The fourth-order valence-electron chi connectivity index (χ4n) is 2.86. The van der Waals surface area contributed by atoms with Gasteiger partial charge in [-0.05, 0) is 52.7 Å². The van der Waals surface area contributed by atoms with E-state index < -0.39 is 0 Å². The quantitative estimate of drug-likeness (QED) is 0.531. The van der Waals surface area contributed by atoms with Gasteiger partial charge >= 0.3 is 6.01 Å². The lowest BCUT2D eigenvalue weighted by molar-refractivity contribution is 0.426. The highest BCUT2D eigenvalue weighted by Crippen LogP contribution is 2.22. The third-order valence-electron chi connectivity index (χ3n) is 4.33. The van der Waals surface area contributed by atoms with Gasteiger partial charge in [-0.1, -0.05) is 65.3 Å². The summed E-state index contributed by atoms with van der Waals surface area (Å²) in [5.41, 5.74) is 4.51. The molecule has 0 aliphatic carbocycles. The number of rotatable bonds is 7. The molecule has 0 unspecified atom stereocenters. The van der Waals surface area contributed by atoms with Crippen LogP contribution in [-0.4, -0.2) is 20.2 Å².